The topological polar surface area (TPSA) is 49.3 Å². The van der Waals surface area contributed by atoms with E-state index >= 15 is 0 Å². The highest BCUT2D eigenvalue weighted by Crippen LogP contribution is 2.77. The number of amides is 1. The Balaban J connectivity index is 1.23. The van der Waals surface area contributed by atoms with Crippen LogP contribution in [-0.4, -0.2) is 23.7 Å². The standard InChI is InChI=1S/C39H58FNO2/c1-25(2)28-14-19-39(22-23-41-33(43)24-26-8-10-27(40)11-9-26)21-20-37(6)29(34(28)39)12-13-31-36(5)17-16-32(42)35(3,4)30(36)15-18-38(31,37)7/h8-11,28-32,34,42H,1,12-24H2,2-7H3,(H,41,43)/t28-,29?,30?,31?,32-,34?,36-,37+,38+,39+/m0/s1. The first-order valence-electron chi connectivity index (χ1n) is 17.5. The summed E-state index contributed by atoms with van der Waals surface area (Å²) in [5.41, 5.74) is 3.41. The quantitative estimate of drug-likeness (QED) is 0.325. The third kappa shape index (κ3) is 4.69. The van der Waals surface area contributed by atoms with E-state index in [1.807, 2.05) is 0 Å². The highest BCUT2D eigenvalue weighted by molar-refractivity contribution is 5.78. The molecule has 1 aromatic rings. The molecule has 0 spiro atoms. The number of hydrogen-bond acceptors (Lipinski definition) is 2. The number of carbonyl (C=O) groups is 1. The molecular formula is C39H58FNO2. The van der Waals surface area contributed by atoms with Gasteiger partial charge in [-0.2, -0.15) is 0 Å². The van der Waals surface area contributed by atoms with Crippen LogP contribution in [0.5, 0.6) is 0 Å². The van der Waals surface area contributed by atoms with E-state index in [9.17, 15) is 14.3 Å². The van der Waals surface area contributed by atoms with E-state index in [0.29, 0.717) is 46.3 Å². The molecule has 2 N–H and O–H groups in total. The molecule has 43 heavy (non-hydrogen) atoms. The molecule has 4 unspecified atom stereocenters. The lowest BCUT2D eigenvalue weighted by molar-refractivity contribution is -0.247. The van der Waals surface area contributed by atoms with Crippen LogP contribution < -0.4 is 5.32 Å². The number of carbonyl (C=O) groups excluding carboxylic acids is 1. The second kappa shape index (κ2) is 10.7. The number of halogens is 1. The summed E-state index contributed by atoms with van der Waals surface area (Å²) in [7, 11) is 0. The van der Waals surface area contributed by atoms with E-state index in [-0.39, 0.29) is 28.7 Å². The van der Waals surface area contributed by atoms with Crippen molar-refractivity contribution < 1.29 is 14.3 Å². The first-order valence-corrected chi connectivity index (χ1v) is 17.5. The summed E-state index contributed by atoms with van der Waals surface area (Å²) in [5.74, 6) is 3.00. The van der Waals surface area contributed by atoms with Crippen molar-refractivity contribution in [2.24, 2.45) is 56.7 Å². The molecule has 0 bridgehead atoms. The van der Waals surface area contributed by atoms with Gasteiger partial charge in [0.2, 0.25) is 5.91 Å². The average Bonchev–Trinajstić information content (AvgIpc) is 3.33. The lowest BCUT2D eigenvalue weighted by Gasteiger charge is -2.73. The largest absolute Gasteiger partial charge is 0.393 e. The Hall–Kier alpha value is -1.68. The van der Waals surface area contributed by atoms with Gasteiger partial charge in [-0.05, 0) is 152 Å². The van der Waals surface area contributed by atoms with Crippen LogP contribution in [0.3, 0.4) is 0 Å². The van der Waals surface area contributed by atoms with Gasteiger partial charge in [-0.1, -0.05) is 58.9 Å². The number of aliphatic hydroxyl groups is 1. The van der Waals surface area contributed by atoms with Crippen molar-refractivity contribution in [3.8, 4) is 0 Å². The van der Waals surface area contributed by atoms with Gasteiger partial charge in [0.1, 0.15) is 5.82 Å². The molecule has 5 aliphatic rings. The molecule has 0 saturated heterocycles. The van der Waals surface area contributed by atoms with E-state index in [0.717, 1.165) is 30.9 Å². The second-order valence-electron chi connectivity index (χ2n) is 17.3. The number of fused-ring (bicyclic) bond motifs is 7. The molecule has 5 saturated carbocycles. The summed E-state index contributed by atoms with van der Waals surface area (Å²) in [4.78, 5) is 12.9. The Labute approximate surface area is 260 Å². The van der Waals surface area contributed by atoms with E-state index in [1.54, 1.807) is 12.1 Å². The Morgan fingerprint density at radius 2 is 1.63 bits per heavy atom. The van der Waals surface area contributed by atoms with Gasteiger partial charge in [0.25, 0.3) is 0 Å². The molecule has 3 nitrogen and oxygen atoms in total. The molecule has 0 aromatic heterocycles. The number of allylic oxidation sites excluding steroid dienone is 1. The average molecular weight is 592 g/mol. The van der Waals surface area contributed by atoms with Crippen molar-refractivity contribution in [2.75, 3.05) is 6.54 Å². The van der Waals surface area contributed by atoms with Gasteiger partial charge >= 0.3 is 0 Å². The normalized spacial score (nSPS) is 44.8. The molecule has 238 valence electrons. The van der Waals surface area contributed by atoms with Crippen LogP contribution in [0.15, 0.2) is 36.4 Å². The molecule has 4 heteroatoms. The van der Waals surface area contributed by atoms with Gasteiger partial charge < -0.3 is 10.4 Å². The van der Waals surface area contributed by atoms with Gasteiger partial charge in [-0.3, -0.25) is 4.79 Å². The Morgan fingerprint density at radius 3 is 2.33 bits per heavy atom. The molecule has 0 heterocycles. The number of nitrogens with one attached hydrogen (secondary N) is 1. The lowest BCUT2D eigenvalue weighted by Crippen LogP contribution is -2.66. The molecule has 0 radical (unpaired) electrons. The summed E-state index contributed by atoms with van der Waals surface area (Å²) >= 11 is 0. The van der Waals surface area contributed by atoms with Crippen molar-refractivity contribution in [2.45, 2.75) is 125 Å². The molecule has 10 atom stereocenters. The zero-order chi connectivity index (χ0) is 31.0. The SMILES string of the molecule is C=C(C)[C@@H]1CC[C@]2(CCNC(=O)Cc3ccc(F)cc3)CC[C@]3(C)C(CCC4[C@@]5(C)CC[C@H](O)C(C)(C)C5CC[C@]43C)C12. The predicted molar refractivity (Wildman–Crippen MR) is 173 cm³/mol. The van der Waals surface area contributed by atoms with Crippen LogP contribution in [0.25, 0.3) is 0 Å². The van der Waals surface area contributed by atoms with Crippen molar-refractivity contribution in [3.05, 3.63) is 47.8 Å². The highest BCUT2D eigenvalue weighted by atomic mass is 19.1. The molecule has 5 fully saturated rings. The molecule has 1 aromatic carbocycles. The van der Waals surface area contributed by atoms with Gasteiger partial charge in [-0.25, -0.2) is 4.39 Å². The third-order valence-corrected chi connectivity index (χ3v) is 15.4. The van der Waals surface area contributed by atoms with Gasteiger partial charge in [-0.15, -0.1) is 0 Å². The zero-order valence-corrected chi connectivity index (χ0v) is 27.9. The smallest absolute Gasteiger partial charge is 0.224 e. The highest BCUT2D eigenvalue weighted by Gasteiger charge is 2.70. The minimum atomic E-state index is -0.265. The Kier molecular flexibility index (Phi) is 7.79. The van der Waals surface area contributed by atoms with E-state index in [1.165, 1.54) is 75.5 Å². The summed E-state index contributed by atoms with van der Waals surface area (Å²) in [6, 6.07) is 6.28. The maximum atomic E-state index is 13.3. The van der Waals surface area contributed by atoms with Crippen molar-refractivity contribution in [3.63, 3.8) is 0 Å². The predicted octanol–water partition coefficient (Wildman–Crippen LogP) is 8.89. The van der Waals surface area contributed by atoms with E-state index in [4.69, 9.17) is 0 Å². The maximum Gasteiger partial charge on any atom is 0.224 e. The van der Waals surface area contributed by atoms with Crippen LogP contribution in [0, 0.1) is 62.5 Å². The fourth-order valence-electron chi connectivity index (χ4n) is 13.0. The lowest BCUT2D eigenvalue weighted by atomic mass is 9.32. The fourth-order valence-corrected chi connectivity index (χ4v) is 13.0. The summed E-state index contributed by atoms with van der Waals surface area (Å²) in [5, 5.41) is 14.3. The zero-order valence-electron chi connectivity index (χ0n) is 27.9. The Bertz CT molecular complexity index is 1240. The molecule has 0 aliphatic heterocycles. The van der Waals surface area contributed by atoms with Gasteiger partial charge in [0.15, 0.2) is 0 Å². The van der Waals surface area contributed by atoms with Gasteiger partial charge in [0, 0.05) is 6.54 Å². The number of hydrogen-bond donors (Lipinski definition) is 2. The van der Waals surface area contributed by atoms with Crippen molar-refractivity contribution in [1.29, 1.82) is 0 Å². The number of aliphatic hydroxyl groups excluding tert-OH is 1. The minimum absolute atomic E-state index is 0.00849. The first kappa shape index (κ1) is 31.3. The van der Waals surface area contributed by atoms with Crippen LogP contribution in [0.2, 0.25) is 0 Å². The third-order valence-electron chi connectivity index (χ3n) is 15.4. The minimum Gasteiger partial charge on any atom is -0.393 e. The summed E-state index contributed by atoms with van der Waals surface area (Å²) in [6.07, 6.45) is 13.5. The van der Waals surface area contributed by atoms with E-state index in [2.05, 4.69) is 53.4 Å². The van der Waals surface area contributed by atoms with Crippen LogP contribution in [0.1, 0.15) is 118 Å². The molecular weight excluding hydrogens is 533 g/mol. The van der Waals surface area contributed by atoms with Crippen LogP contribution in [-0.2, 0) is 11.2 Å². The monoisotopic (exact) mass is 591 g/mol. The summed E-state index contributed by atoms with van der Waals surface area (Å²) in [6.45, 7) is 20.2. The molecule has 6 rings (SSSR count). The fraction of sp³-hybridized carbons (Fsp3) is 0.769. The van der Waals surface area contributed by atoms with Crippen molar-refractivity contribution >= 4 is 5.91 Å². The van der Waals surface area contributed by atoms with Crippen molar-refractivity contribution in [1.82, 2.24) is 5.32 Å². The van der Waals surface area contributed by atoms with Crippen LogP contribution >= 0.6 is 0 Å². The Morgan fingerprint density at radius 1 is 0.907 bits per heavy atom. The molecule has 5 aliphatic carbocycles. The summed E-state index contributed by atoms with van der Waals surface area (Å²) < 4.78 is 13.3. The number of rotatable bonds is 6. The van der Waals surface area contributed by atoms with Gasteiger partial charge in [0.05, 0.1) is 12.5 Å². The van der Waals surface area contributed by atoms with E-state index < -0.39 is 0 Å². The number of benzene rings is 1. The first-order chi connectivity index (χ1) is 20.2. The van der Waals surface area contributed by atoms with Crippen LogP contribution in [0.4, 0.5) is 4.39 Å². The second-order valence-corrected chi connectivity index (χ2v) is 17.3. The molecule has 1 amide bonds. The maximum absolute atomic E-state index is 13.3.